The van der Waals surface area contributed by atoms with Crippen molar-refractivity contribution in [3.63, 3.8) is 0 Å². The molecular weight excluding hydrogens is 418 g/mol. The Kier molecular flexibility index (Phi) is 5.08. The topological polar surface area (TPSA) is 101 Å². The van der Waals surface area contributed by atoms with Gasteiger partial charge in [-0.2, -0.15) is 4.31 Å². The first-order valence-corrected chi connectivity index (χ1v) is 12.7. The van der Waals surface area contributed by atoms with Gasteiger partial charge in [0.2, 0.25) is 15.9 Å². The van der Waals surface area contributed by atoms with Crippen molar-refractivity contribution in [2.24, 2.45) is 29.6 Å². The Balaban J connectivity index is 1.28. The summed E-state index contributed by atoms with van der Waals surface area (Å²) in [5.74, 6) is 2.99. The quantitative estimate of drug-likeness (QED) is 0.522. The second-order valence-corrected chi connectivity index (χ2v) is 11.8. The molecular formula is C22H29N3O5S. The van der Waals surface area contributed by atoms with Crippen LogP contribution in [0.1, 0.15) is 37.7 Å². The standard InChI is InChI=1S/C22H29N3O5S/c1-14-2-3-19(25(27)28)13-20(14)31(29,30)24-6-4-23(5-7-24)22(26)21-17-9-15-8-16(11-17)12-18(21)10-15/h2-3,13,15-18,21H,4-12H2,1H3. The van der Waals surface area contributed by atoms with Crippen molar-refractivity contribution < 1.29 is 18.1 Å². The van der Waals surface area contributed by atoms with Crippen LogP contribution in [0.3, 0.4) is 0 Å². The van der Waals surface area contributed by atoms with Gasteiger partial charge < -0.3 is 4.90 Å². The predicted octanol–water partition coefficient (Wildman–Crippen LogP) is 2.81. The lowest BCUT2D eigenvalue weighted by Crippen LogP contribution is -2.56. The first kappa shape index (κ1) is 20.9. The number of amides is 1. The van der Waals surface area contributed by atoms with Crippen LogP contribution in [0.25, 0.3) is 0 Å². The maximum Gasteiger partial charge on any atom is 0.270 e. The van der Waals surface area contributed by atoms with Crippen molar-refractivity contribution in [1.29, 1.82) is 0 Å². The van der Waals surface area contributed by atoms with E-state index >= 15 is 0 Å². The highest BCUT2D eigenvalue weighted by atomic mass is 32.2. The summed E-state index contributed by atoms with van der Waals surface area (Å²) in [6.45, 7) is 2.86. The Morgan fingerprint density at radius 2 is 1.58 bits per heavy atom. The SMILES string of the molecule is Cc1ccc([N+](=O)[O-])cc1S(=O)(=O)N1CCN(C(=O)C2C3CC4CC(C3)CC2C4)CC1. The summed E-state index contributed by atoms with van der Waals surface area (Å²) in [4.78, 5) is 25.7. The summed E-state index contributed by atoms with van der Waals surface area (Å²) in [5.41, 5.74) is 0.248. The zero-order chi connectivity index (χ0) is 21.9. The van der Waals surface area contributed by atoms with E-state index in [0.717, 1.165) is 17.9 Å². The van der Waals surface area contributed by atoms with Gasteiger partial charge in [0, 0.05) is 44.2 Å². The molecule has 4 aliphatic carbocycles. The summed E-state index contributed by atoms with van der Waals surface area (Å²) in [7, 11) is -3.85. The van der Waals surface area contributed by atoms with Gasteiger partial charge in [0.25, 0.3) is 5.69 Å². The van der Waals surface area contributed by atoms with Crippen LogP contribution >= 0.6 is 0 Å². The number of rotatable bonds is 4. The van der Waals surface area contributed by atoms with Gasteiger partial charge >= 0.3 is 0 Å². The first-order chi connectivity index (χ1) is 14.7. The zero-order valence-corrected chi connectivity index (χ0v) is 18.6. The van der Waals surface area contributed by atoms with Gasteiger partial charge in [-0.3, -0.25) is 14.9 Å². The molecule has 5 fully saturated rings. The summed E-state index contributed by atoms with van der Waals surface area (Å²) < 4.78 is 27.7. The van der Waals surface area contributed by atoms with Gasteiger partial charge in [0.15, 0.2) is 0 Å². The van der Waals surface area contributed by atoms with Crippen LogP contribution in [-0.2, 0) is 14.8 Å². The molecule has 0 radical (unpaired) electrons. The number of sulfonamides is 1. The van der Waals surface area contributed by atoms with E-state index in [2.05, 4.69) is 0 Å². The average Bonchev–Trinajstić information content (AvgIpc) is 2.73. The molecule has 168 valence electrons. The lowest BCUT2D eigenvalue weighted by Gasteiger charge is -2.54. The van der Waals surface area contributed by atoms with Crippen LogP contribution in [0, 0.1) is 46.6 Å². The van der Waals surface area contributed by atoms with Gasteiger partial charge in [-0.1, -0.05) is 6.07 Å². The average molecular weight is 448 g/mol. The maximum absolute atomic E-state index is 13.4. The zero-order valence-electron chi connectivity index (χ0n) is 17.8. The minimum absolute atomic E-state index is 0.0254. The Morgan fingerprint density at radius 1 is 1.00 bits per heavy atom. The second kappa shape index (κ2) is 7.55. The van der Waals surface area contributed by atoms with Gasteiger partial charge in [-0.25, -0.2) is 8.42 Å². The van der Waals surface area contributed by atoms with E-state index in [0.29, 0.717) is 30.5 Å². The lowest BCUT2D eigenvalue weighted by atomic mass is 9.51. The van der Waals surface area contributed by atoms with Crippen LogP contribution in [0.2, 0.25) is 0 Å². The van der Waals surface area contributed by atoms with Crippen molar-refractivity contribution in [3.05, 3.63) is 33.9 Å². The summed E-state index contributed by atoms with van der Waals surface area (Å²) in [6, 6.07) is 3.92. The van der Waals surface area contributed by atoms with Gasteiger partial charge in [-0.15, -0.1) is 0 Å². The van der Waals surface area contributed by atoms with Gasteiger partial charge in [0.05, 0.1) is 9.82 Å². The molecule has 6 rings (SSSR count). The monoisotopic (exact) mass is 447 g/mol. The molecule has 1 aromatic carbocycles. The Labute approximate surface area is 182 Å². The number of hydrogen-bond donors (Lipinski definition) is 0. The largest absolute Gasteiger partial charge is 0.340 e. The number of nitro benzene ring substituents is 1. The number of nitro groups is 1. The van der Waals surface area contributed by atoms with E-state index in [9.17, 15) is 23.3 Å². The molecule has 0 aromatic heterocycles. The number of carbonyl (C=O) groups excluding carboxylic acids is 1. The number of non-ortho nitro benzene ring substituents is 1. The fourth-order valence-corrected chi connectivity index (χ4v) is 8.47. The predicted molar refractivity (Wildman–Crippen MR) is 114 cm³/mol. The van der Waals surface area contributed by atoms with Gasteiger partial charge in [0.1, 0.15) is 0 Å². The number of aryl methyl sites for hydroxylation is 1. The highest BCUT2D eigenvalue weighted by Gasteiger charge is 2.51. The first-order valence-electron chi connectivity index (χ1n) is 11.3. The highest BCUT2D eigenvalue weighted by Crippen LogP contribution is 2.56. The molecule has 4 saturated carbocycles. The van der Waals surface area contributed by atoms with E-state index in [-0.39, 0.29) is 35.5 Å². The minimum atomic E-state index is -3.85. The summed E-state index contributed by atoms with van der Waals surface area (Å²) >= 11 is 0. The fourth-order valence-electron chi connectivity index (χ4n) is 6.81. The third-order valence-corrected chi connectivity index (χ3v) is 10.1. The maximum atomic E-state index is 13.4. The molecule has 0 N–H and O–H groups in total. The summed E-state index contributed by atoms with van der Waals surface area (Å²) in [5, 5.41) is 11.1. The van der Waals surface area contributed by atoms with E-state index in [1.165, 1.54) is 48.5 Å². The Bertz CT molecular complexity index is 988. The molecule has 4 bridgehead atoms. The fraction of sp³-hybridized carbons (Fsp3) is 0.682. The third-order valence-electron chi connectivity index (χ3n) is 8.06. The number of hydrogen-bond acceptors (Lipinski definition) is 5. The molecule has 5 aliphatic rings. The molecule has 1 aliphatic heterocycles. The van der Waals surface area contributed by atoms with Crippen LogP contribution in [0.5, 0.6) is 0 Å². The van der Waals surface area contributed by atoms with Crippen LogP contribution in [0.15, 0.2) is 23.1 Å². The molecule has 31 heavy (non-hydrogen) atoms. The highest BCUT2D eigenvalue weighted by molar-refractivity contribution is 7.89. The van der Waals surface area contributed by atoms with Crippen LogP contribution < -0.4 is 0 Å². The van der Waals surface area contributed by atoms with E-state index in [1.807, 2.05) is 4.90 Å². The van der Waals surface area contributed by atoms with E-state index < -0.39 is 14.9 Å². The molecule has 9 heteroatoms. The molecule has 8 nitrogen and oxygen atoms in total. The molecule has 1 amide bonds. The second-order valence-electron chi connectivity index (χ2n) is 9.89. The van der Waals surface area contributed by atoms with Gasteiger partial charge in [-0.05, 0) is 68.3 Å². The molecule has 1 heterocycles. The Hall–Kier alpha value is -2.00. The lowest BCUT2D eigenvalue weighted by molar-refractivity contribution is -0.385. The Morgan fingerprint density at radius 3 is 2.13 bits per heavy atom. The van der Waals surface area contributed by atoms with Crippen LogP contribution in [-0.4, -0.2) is 54.6 Å². The molecule has 1 saturated heterocycles. The van der Waals surface area contributed by atoms with E-state index in [4.69, 9.17) is 0 Å². The molecule has 0 unspecified atom stereocenters. The molecule has 1 aromatic rings. The van der Waals surface area contributed by atoms with Crippen LogP contribution in [0.4, 0.5) is 5.69 Å². The number of carbonyl (C=O) groups is 1. The van der Waals surface area contributed by atoms with Crippen molar-refractivity contribution in [1.82, 2.24) is 9.21 Å². The van der Waals surface area contributed by atoms with Crippen molar-refractivity contribution >= 4 is 21.6 Å². The van der Waals surface area contributed by atoms with Crippen molar-refractivity contribution in [2.75, 3.05) is 26.2 Å². The smallest absolute Gasteiger partial charge is 0.270 e. The molecule has 0 spiro atoms. The number of piperazine rings is 1. The van der Waals surface area contributed by atoms with Crippen molar-refractivity contribution in [2.45, 2.75) is 43.9 Å². The third kappa shape index (κ3) is 3.55. The molecule has 0 atom stereocenters. The number of nitrogens with zero attached hydrogens (tertiary/aromatic N) is 3. The minimum Gasteiger partial charge on any atom is -0.340 e. The van der Waals surface area contributed by atoms with Crippen molar-refractivity contribution in [3.8, 4) is 0 Å². The normalized spacial score (nSPS) is 32.9. The number of benzene rings is 1. The van der Waals surface area contributed by atoms with E-state index in [1.54, 1.807) is 6.92 Å². The summed E-state index contributed by atoms with van der Waals surface area (Å²) in [6.07, 6.45) is 6.09.